The third-order valence-corrected chi connectivity index (χ3v) is 3.72. The molecule has 1 aliphatic rings. The molecule has 0 saturated heterocycles. The molecule has 0 aromatic rings. The van der Waals surface area contributed by atoms with Gasteiger partial charge in [-0.2, -0.15) is 0 Å². The SMILES string of the molecule is CC1CCCCC1(CO)CCl. The molecule has 0 spiro atoms. The topological polar surface area (TPSA) is 20.2 Å². The molecule has 0 bridgehead atoms. The fourth-order valence-corrected chi connectivity index (χ4v) is 2.44. The highest BCUT2D eigenvalue weighted by atomic mass is 35.5. The van der Waals surface area contributed by atoms with Crippen molar-refractivity contribution in [1.29, 1.82) is 0 Å². The van der Waals surface area contributed by atoms with E-state index in [4.69, 9.17) is 11.6 Å². The van der Waals surface area contributed by atoms with Crippen molar-refractivity contribution in [2.45, 2.75) is 32.6 Å². The van der Waals surface area contributed by atoms with Crippen LogP contribution in [0.25, 0.3) is 0 Å². The molecule has 1 N–H and O–H groups in total. The van der Waals surface area contributed by atoms with Gasteiger partial charge < -0.3 is 5.11 Å². The summed E-state index contributed by atoms with van der Waals surface area (Å²) in [5.74, 6) is 1.21. The van der Waals surface area contributed by atoms with Crippen LogP contribution in [0.1, 0.15) is 32.6 Å². The lowest BCUT2D eigenvalue weighted by molar-refractivity contribution is 0.0529. The molecule has 2 heteroatoms. The molecular formula is C9H17ClO. The Balaban J connectivity index is 2.61. The molecule has 1 aliphatic carbocycles. The Morgan fingerprint density at radius 2 is 2.27 bits per heavy atom. The molecule has 1 nitrogen and oxygen atoms in total. The molecule has 66 valence electrons. The van der Waals surface area contributed by atoms with Gasteiger partial charge in [-0.3, -0.25) is 0 Å². The maximum absolute atomic E-state index is 9.23. The van der Waals surface area contributed by atoms with Gasteiger partial charge in [-0.25, -0.2) is 0 Å². The number of rotatable bonds is 2. The van der Waals surface area contributed by atoms with Crippen molar-refractivity contribution in [3.05, 3.63) is 0 Å². The Labute approximate surface area is 73.8 Å². The van der Waals surface area contributed by atoms with Gasteiger partial charge in [-0.15, -0.1) is 11.6 Å². The first kappa shape index (κ1) is 9.34. The smallest absolute Gasteiger partial charge is 0.0501 e. The fraction of sp³-hybridized carbons (Fsp3) is 1.00. The molecule has 2 unspecified atom stereocenters. The van der Waals surface area contributed by atoms with Crippen molar-refractivity contribution < 1.29 is 5.11 Å². The van der Waals surface area contributed by atoms with Gasteiger partial charge in [0.25, 0.3) is 0 Å². The van der Waals surface area contributed by atoms with Crippen LogP contribution in [0, 0.1) is 11.3 Å². The first-order valence-corrected chi connectivity index (χ1v) is 4.95. The largest absolute Gasteiger partial charge is 0.396 e. The second kappa shape index (κ2) is 3.77. The average Bonchev–Trinajstić information content (AvgIpc) is 2.06. The zero-order valence-corrected chi connectivity index (χ0v) is 7.90. The van der Waals surface area contributed by atoms with E-state index in [0.29, 0.717) is 11.8 Å². The van der Waals surface area contributed by atoms with E-state index in [2.05, 4.69) is 6.92 Å². The zero-order chi connectivity index (χ0) is 8.32. The summed E-state index contributed by atoms with van der Waals surface area (Å²) in [5, 5.41) is 9.23. The summed E-state index contributed by atoms with van der Waals surface area (Å²) in [6, 6.07) is 0. The van der Waals surface area contributed by atoms with E-state index < -0.39 is 0 Å². The van der Waals surface area contributed by atoms with Crippen molar-refractivity contribution in [2.75, 3.05) is 12.5 Å². The highest BCUT2D eigenvalue weighted by Crippen LogP contribution is 2.41. The molecule has 0 aromatic carbocycles. The molecule has 0 amide bonds. The van der Waals surface area contributed by atoms with Gasteiger partial charge in [0.2, 0.25) is 0 Å². The van der Waals surface area contributed by atoms with Crippen LogP contribution in [0.15, 0.2) is 0 Å². The number of hydrogen-bond donors (Lipinski definition) is 1. The highest BCUT2D eigenvalue weighted by Gasteiger charge is 2.36. The van der Waals surface area contributed by atoms with E-state index in [1.807, 2.05) is 0 Å². The lowest BCUT2D eigenvalue weighted by Gasteiger charge is -2.39. The quantitative estimate of drug-likeness (QED) is 0.641. The molecule has 0 heterocycles. The molecule has 0 aliphatic heterocycles. The number of aliphatic hydroxyl groups excluding tert-OH is 1. The molecule has 1 fully saturated rings. The van der Waals surface area contributed by atoms with Gasteiger partial charge >= 0.3 is 0 Å². The van der Waals surface area contributed by atoms with E-state index >= 15 is 0 Å². The second-order valence-corrected chi connectivity index (χ2v) is 4.07. The van der Waals surface area contributed by atoms with Crippen LogP contribution in [0.5, 0.6) is 0 Å². The maximum Gasteiger partial charge on any atom is 0.0501 e. The normalized spacial score (nSPS) is 39.0. The average molecular weight is 177 g/mol. The van der Waals surface area contributed by atoms with Crippen molar-refractivity contribution in [3.8, 4) is 0 Å². The molecule has 1 saturated carbocycles. The first-order valence-electron chi connectivity index (χ1n) is 4.42. The van der Waals surface area contributed by atoms with Crippen molar-refractivity contribution in [2.24, 2.45) is 11.3 Å². The summed E-state index contributed by atoms with van der Waals surface area (Å²) in [6.45, 7) is 2.47. The monoisotopic (exact) mass is 176 g/mol. The Kier molecular flexibility index (Phi) is 3.20. The minimum Gasteiger partial charge on any atom is -0.396 e. The number of halogens is 1. The van der Waals surface area contributed by atoms with Gasteiger partial charge in [-0.1, -0.05) is 26.2 Å². The van der Waals surface area contributed by atoms with Gasteiger partial charge in [0.1, 0.15) is 0 Å². The van der Waals surface area contributed by atoms with E-state index in [1.165, 1.54) is 19.3 Å². The molecule has 11 heavy (non-hydrogen) atoms. The molecule has 2 atom stereocenters. The molecule has 0 radical (unpaired) electrons. The lowest BCUT2D eigenvalue weighted by Crippen LogP contribution is -2.37. The molecule has 1 rings (SSSR count). The Hall–Kier alpha value is 0.250. The Morgan fingerprint density at radius 3 is 2.64 bits per heavy atom. The Bertz CT molecular complexity index is 121. The van der Waals surface area contributed by atoms with E-state index in [9.17, 15) is 5.11 Å². The second-order valence-electron chi connectivity index (χ2n) is 3.80. The van der Waals surface area contributed by atoms with Gasteiger partial charge in [0.15, 0.2) is 0 Å². The summed E-state index contributed by atoms with van der Waals surface area (Å²) < 4.78 is 0. The van der Waals surface area contributed by atoms with Crippen LogP contribution in [0.3, 0.4) is 0 Å². The van der Waals surface area contributed by atoms with Gasteiger partial charge in [0, 0.05) is 11.3 Å². The first-order chi connectivity index (χ1) is 5.25. The maximum atomic E-state index is 9.23. The van der Waals surface area contributed by atoms with Crippen LogP contribution in [-0.2, 0) is 0 Å². The van der Waals surface area contributed by atoms with Crippen molar-refractivity contribution >= 4 is 11.6 Å². The van der Waals surface area contributed by atoms with Crippen LogP contribution in [0.2, 0.25) is 0 Å². The predicted octanol–water partition coefficient (Wildman–Crippen LogP) is 2.41. The van der Waals surface area contributed by atoms with Crippen LogP contribution in [0.4, 0.5) is 0 Å². The summed E-state index contributed by atoms with van der Waals surface area (Å²) in [6.07, 6.45) is 4.87. The van der Waals surface area contributed by atoms with E-state index in [1.54, 1.807) is 0 Å². The zero-order valence-electron chi connectivity index (χ0n) is 7.15. The third kappa shape index (κ3) is 1.70. The van der Waals surface area contributed by atoms with E-state index in [0.717, 1.165) is 6.42 Å². The van der Waals surface area contributed by atoms with Crippen LogP contribution >= 0.6 is 11.6 Å². The predicted molar refractivity (Wildman–Crippen MR) is 47.9 cm³/mol. The Morgan fingerprint density at radius 1 is 1.55 bits per heavy atom. The van der Waals surface area contributed by atoms with Crippen LogP contribution in [-0.4, -0.2) is 17.6 Å². The van der Waals surface area contributed by atoms with Gasteiger partial charge in [-0.05, 0) is 12.3 Å². The van der Waals surface area contributed by atoms with E-state index in [-0.39, 0.29) is 12.0 Å². The summed E-state index contributed by atoms with van der Waals surface area (Å²) in [5.41, 5.74) is 0.0415. The van der Waals surface area contributed by atoms with Gasteiger partial charge in [0.05, 0.1) is 6.61 Å². The summed E-state index contributed by atoms with van der Waals surface area (Å²) in [4.78, 5) is 0. The molecule has 0 aromatic heterocycles. The fourth-order valence-electron chi connectivity index (χ4n) is 1.96. The van der Waals surface area contributed by atoms with Crippen molar-refractivity contribution in [3.63, 3.8) is 0 Å². The van der Waals surface area contributed by atoms with Crippen LogP contribution < -0.4 is 0 Å². The number of alkyl halides is 1. The minimum absolute atomic E-state index is 0.0415. The number of hydrogen-bond acceptors (Lipinski definition) is 1. The molecular weight excluding hydrogens is 160 g/mol. The lowest BCUT2D eigenvalue weighted by atomic mass is 9.69. The third-order valence-electron chi connectivity index (χ3n) is 3.19. The minimum atomic E-state index is 0.0415. The standard InChI is InChI=1S/C9H17ClO/c1-8-4-2-3-5-9(8,6-10)7-11/h8,11H,2-7H2,1H3. The van der Waals surface area contributed by atoms with Crippen molar-refractivity contribution in [1.82, 2.24) is 0 Å². The summed E-state index contributed by atoms with van der Waals surface area (Å²) in [7, 11) is 0. The summed E-state index contributed by atoms with van der Waals surface area (Å²) >= 11 is 5.87. The number of aliphatic hydroxyl groups is 1. The highest BCUT2D eigenvalue weighted by molar-refractivity contribution is 6.18.